The summed E-state index contributed by atoms with van der Waals surface area (Å²) in [6.45, 7) is 7.95. The van der Waals surface area contributed by atoms with E-state index in [1.807, 2.05) is 32.0 Å². The van der Waals surface area contributed by atoms with E-state index in [9.17, 15) is 9.90 Å². The predicted octanol–water partition coefficient (Wildman–Crippen LogP) is 1.96. The number of hydrogen-bond donors (Lipinski definition) is 2. The van der Waals surface area contributed by atoms with Crippen molar-refractivity contribution >= 4 is 5.91 Å². The Morgan fingerprint density at radius 3 is 2.58 bits per heavy atom. The monoisotopic (exact) mass is 265 g/mol. The molecule has 1 aromatic rings. The van der Waals surface area contributed by atoms with Crippen LogP contribution >= 0.6 is 0 Å². The Morgan fingerprint density at radius 2 is 2.00 bits per heavy atom. The smallest absolute Gasteiger partial charge is 0.223 e. The maximum absolute atomic E-state index is 11.5. The molecule has 0 unspecified atom stereocenters. The number of ether oxygens (including phenoxy) is 1. The Bertz CT molecular complexity index is 436. The van der Waals surface area contributed by atoms with Crippen LogP contribution in [0.2, 0.25) is 0 Å². The van der Waals surface area contributed by atoms with Crippen molar-refractivity contribution in [2.45, 2.75) is 39.7 Å². The molecule has 0 bridgehead atoms. The van der Waals surface area contributed by atoms with Crippen LogP contribution < -0.4 is 10.1 Å². The van der Waals surface area contributed by atoms with Gasteiger partial charge in [0.15, 0.2) is 0 Å². The van der Waals surface area contributed by atoms with Crippen LogP contribution in [0.15, 0.2) is 18.2 Å². The standard InChI is InChI=1S/C15H23NO3/c1-11-5-6-13(9-12(11)2)19-8-7-14(17)16-10-15(3,4)18/h5-6,9,18H,7-8,10H2,1-4H3,(H,16,17). The zero-order valence-corrected chi connectivity index (χ0v) is 12.1. The lowest BCUT2D eigenvalue weighted by Crippen LogP contribution is -2.38. The number of benzene rings is 1. The maximum Gasteiger partial charge on any atom is 0.223 e. The highest BCUT2D eigenvalue weighted by Gasteiger charge is 2.13. The van der Waals surface area contributed by atoms with Gasteiger partial charge in [-0.25, -0.2) is 0 Å². The minimum Gasteiger partial charge on any atom is -0.493 e. The number of carbonyl (C=O) groups is 1. The second-order valence-corrected chi connectivity index (χ2v) is 5.43. The molecule has 1 aromatic carbocycles. The molecule has 0 aliphatic carbocycles. The van der Waals surface area contributed by atoms with E-state index in [-0.39, 0.29) is 18.9 Å². The molecule has 0 spiro atoms. The first-order chi connectivity index (χ1) is 8.78. The average Bonchev–Trinajstić information content (AvgIpc) is 2.30. The van der Waals surface area contributed by atoms with Gasteiger partial charge < -0.3 is 15.2 Å². The summed E-state index contributed by atoms with van der Waals surface area (Å²) in [6.07, 6.45) is 0.281. The van der Waals surface area contributed by atoms with Crippen molar-refractivity contribution < 1.29 is 14.6 Å². The number of aliphatic hydroxyl groups is 1. The summed E-state index contributed by atoms with van der Waals surface area (Å²) in [5.74, 6) is 0.657. The molecule has 0 aliphatic heterocycles. The minimum atomic E-state index is -0.884. The van der Waals surface area contributed by atoms with E-state index in [1.165, 1.54) is 11.1 Å². The average molecular weight is 265 g/mol. The summed E-state index contributed by atoms with van der Waals surface area (Å²) >= 11 is 0. The third-order valence-corrected chi connectivity index (χ3v) is 2.79. The minimum absolute atomic E-state index is 0.119. The molecule has 0 saturated carbocycles. The zero-order chi connectivity index (χ0) is 14.5. The molecule has 0 atom stereocenters. The van der Waals surface area contributed by atoms with Crippen LogP contribution in [0.3, 0.4) is 0 Å². The van der Waals surface area contributed by atoms with Gasteiger partial charge in [0, 0.05) is 6.54 Å². The quantitative estimate of drug-likeness (QED) is 0.826. The van der Waals surface area contributed by atoms with Gasteiger partial charge in [-0.1, -0.05) is 6.07 Å². The van der Waals surface area contributed by atoms with Crippen molar-refractivity contribution in [3.8, 4) is 5.75 Å². The summed E-state index contributed by atoms with van der Waals surface area (Å²) in [7, 11) is 0. The van der Waals surface area contributed by atoms with Crippen molar-refractivity contribution in [3.05, 3.63) is 29.3 Å². The van der Waals surface area contributed by atoms with Crippen molar-refractivity contribution in [2.75, 3.05) is 13.2 Å². The molecule has 4 nitrogen and oxygen atoms in total. The molecule has 0 saturated heterocycles. The number of amides is 1. The van der Waals surface area contributed by atoms with E-state index in [2.05, 4.69) is 5.32 Å². The van der Waals surface area contributed by atoms with E-state index in [0.29, 0.717) is 6.61 Å². The first kappa shape index (κ1) is 15.5. The summed E-state index contributed by atoms with van der Waals surface area (Å²) in [5.41, 5.74) is 1.50. The molecule has 1 rings (SSSR count). The molecule has 4 heteroatoms. The Balaban J connectivity index is 2.30. The maximum atomic E-state index is 11.5. The molecular weight excluding hydrogens is 242 g/mol. The Hall–Kier alpha value is -1.55. The summed E-state index contributed by atoms with van der Waals surface area (Å²) in [6, 6.07) is 5.86. The number of carbonyl (C=O) groups excluding carboxylic acids is 1. The fraction of sp³-hybridized carbons (Fsp3) is 0.533. The molecule has 0 radical (unpaired) electrons. The van der Waals surface area contributed by atoms with Crippen LogP contribution in [-0.2, 0) is 4.79 Å². The Morgan fingerprint density at radius 1 is 1.32 bits per heavy atom. The second kappa shape index (κ2) is 6.57. The van der Waals surface area contributed by atoms with Crippen molar-refractivity contribution in [3.63, 3.8) is 0 Å². The van der Waals surface area contributed by atoms with Crippen LogP contribution in [0, 0.1) is 13.8 Å². The lowest BCUT2D eigenvalue weighted by Gasteiger charge is -2.17. The molecule has 0 heterocycles. The number of rotatable bonds is 6. The van der Waals surface area contributed by atoms with E-state index < -0.39 is 5.60 Å². The van der Waals surface area contributed by atoms with Crippen molar-refractivity contribution in [1.82, 2.24) is 5.32 Å². The molecular formula is C15H23NO3. The van der Waals surface area contributed by atoms with Gasteiger partial charge in [-0.05, 0) is 51.0 Å². The van der Waals surface area contributed by atoms with Gasteiger partial charge in [0.1, 0.15) is 5.75 Å². The van der Waals surface area contributed by atoms with Crippen molar-refractivity contribution in [2.24, 2.45) is 0 Å². The number of aryl methyl sites for hydroxylation is 2. The predicted molar refractivity (Wildman–Crippen MR) is 75.3 cm³/mol. The molecule has 0 aromatic heterocycles. The largest absolute Gasteiger partial charge is 0.493 e. The number of nitrogens with one attached hydrogen (secondary N) is 1. The Labute approximate surface area is 114 Å². The van der Waals surface area contributed by atoms with Crippen LogP contribution in [0.5, 0.6) is 5.75 Å². The fourth-order valence-electron chi connectivity index (χ4n) is 1.47. The highest BCUT2D eigenvalue weighted by atomic mass is 16.5. The fourth-order valence-corrected chi connectivity index (χ4v) is 1.47. The SMILES string of the molecule is Cc1ccc(OCCC(=O)NCC(C)(C)O)cc1C. The van der Waals surface area contributed by atoms with Gasteiger partial charge >= 0.3 is 0 Å². The molecule has 2 N–H and O–H groups in total. The number of hydrogen-bond acceptors (Lipinski definition) is 3. The van der Waals surface area contributed by atoms with Crippen LogP contribution in [-0.4, -0.2) is 29.8 Å². The molecule has 1 amide bonds. The van der Waals surface area contributed by atoms with E-state index in [4.69, 9.17) is 4.74 Å². The molecule has 0 fully saturated rings. The van der Waals surface area contributed by atoms with Gasteiger partial charge in [-0.2, -0.15) is 0 Å². The van der Waals surface area contributed by atoms with Crippen LogP contribution in [0.1, 0.15) is 31.4 Å². The van der Waals surface area contributed by atoms with Crippen LogP contribution in [0.4, 0.5) is 0 Å². The van der Waals surface area contributed by atoms with Gasteiger partial charge in [-0.15, -0.1) is 0 Å². The first-order valence-electron chi connectivity index (χ1n) is 6.47. The molecule has 106 valence electrons. The summed E-state index contributed by atoms with van der Waals surface area (Å²) < 4.78 is 5.52. The zero-order valence-electron chi connectivity index (χ0n) is 12.1. The third-order valence-electron chi connectivity index (χ3n) is 2.79. The Kier molecular flexibility index (Phi) is 5.36. The lowest BCUT2D eigenvalue weighted by molar-refractivity contribution is -0.122. The van der Waals surface area contributed by atoms with E-state index in [1.54, 1.807) is 13.8 Å². The van der Waals surface area contributed by atoms with E-state index >= 15 is 0 Å². The first-order valence-corrected chi connectivity index (χ1v) is 6.47. The summed E-state index contributed by atoms with van der Waals surface area (Å²) in [4.78, 5) is 11.5. The highest BCUT2D eigenvalue weighted by molar-refractivity contribution is 5.76. The third kappa shape index (κ3) is 6.25. The lowest BCUT2D eigenvalue weighted by atomic mass is 10.1. The van der Waals surface area contributed by atoms with Crippen molar-refractivity contribution in [1.29, 1.82) is 0 Å². The van der Waals surface area contributed by atoms with Gasteiger partial charge in [0.05, 0.1) is 18.6 Å². The highest BCUT2D eigenvalue weighted by Crippen LogP contribution is 2.16. The van der Waals surface area contributed by atoms with Gasteiger partial charge in [-0.3, -0.25) is 4.79 Å². The van der Waals surface area contributed by atoms with Gasteiger partial charge in [0.2, 0.25) is 5.91 Å². The summed E-state index contributed by atoms with van der Waals surface area (Å²) in [5, 5.41) is 12.1. The molecule has 0 aliphatic rings. The topological polar surface area (TPSA) is 58.6 Å². The molecule has 19 heavy (non-hydrogen) atoms. The second-order valence-electron chi connectivity index (χ2n) is 5.43. The normalized spacial score (nSPS) is 11.2. The van der Waals surface area contributed by atoms with Crippen LogP contribution in [0.25, 0.3) is 0 Å². The van der Waals surface area contributed by atoms with E-state index in [0.717, 1.165) is 5.75 Å². The van der Waals surface area contributed by atoms with Gasteiger partial charge in [0.25, 0.3) is 0 Å².